The molecule has 0 aliphatic carbocycles. The van der Waals surface area contributed by atoms with E-state index >= 15 is 0 Å². The molecule has 106 valence electrons. The van der Waals surface area contributed by atoms with Gasteiger partial charge in [0.25, 0.3) is 0 Å². The van der Waals surface area contributed by atoms with E-state index in [1.54, 1.807) is 25.3 Å². The van der Waals surface area contributed by atoms with Crippen LogP contribution >= 0.6 is 0 Å². The maximum Gasteiger partial charge on any atom is 0.225 e. The van der Waals surface area contributed by atoms with Gasteiger partial charge in [0.15, 0.2) is 0 Å². The average Bonchev–Trinajstić information content (AvgIpc) is 2.42. The summed E-state index contributed by atoms with van der Waals surface area (Å²) in [5.74, 6) is 0.561. The minimum Gasteiger partial charge on any atom is -0.494 e. The van der Waals surface area contributed by atoms with Crippen molar-refractivity contribution in [3.63, 3.8) is 0 Å². The topological polar surface area (TPSA) is 67.6 Å². The second-order valence-corrected chi connectivity index (χ2v) is 4.28. The van der Waals surface area contributed by atoms with Crippen LogP contribution in [0.4, 0.5) is 11.4 Å². The highest BCUT2D eigenvalue weighted by atomic mass is 16.5. The minimum absolute atomic E-state index is 0.0185. The van der Waals surface area contributed by atoms with E-state index in [0.717, 1.165) is 19.6 Å². The number of amides is 1. The zero-order valence-electron chi connectivity index (χ0n) is 11.9. The van der Waals surface area contributed by atoms with Crippen LogP contribution in [0.2, 0.25) is 0 Å². The minimum atomic E-state index is -0.0185. The summed E-state index contributed by atoms with van der Waals surface area (Å²) in [5, 5.41) is 2.85. The van der Waals surface area contributed by atoms with E-state index in [-0.39, 0.29) is 5.91 Å². The van der Waals surface area contributed by atoms with Crippen LogP contribution in [-0.4, -0.2) is 37.6 Å². The molecule has 0 saturated heterocycles. The van der Waals surface area contributed by atoms with Crippen molar-refractivity contribution in [3.05, 3.63) is 18.2 Å². The van der Waals surface area contributed by atoms with E-state index in [0.29, 0.717) is 23.5 Å². The molecule has 1 rings (SSSR count). The van der Waals surface area contributed by atoms with Crippen LogP contribution < -0.4 is 15.8 Å². The molecule has 0 atom stereocenters. The van der Waals surface area contributed by atoms with Gasteiger partial charge in [0.05, 0.1) is 12.8 Å². The van der Waals surface area contributed by atoms with Gasteiger partial charge >= 0.3 is 0 Å². The van der Waals surface area contributed by atoms with Crippen molar-refractivity contribution in [2.24, 2.45) is 0 Å². The van der Waals surface area contributed by atoms with E-state index in [4.69, 9.17) is 10.5 Å². The Morgan fingerprint density at radius 3 is 2.63 bits per heavy atom. The number of nitrogen functional groups attached to an aromatic ring is 1. The maximum atomic E-state index is 11.9. The third kappa shape index (κ3) is 4.79. The molecule has 0 aliphatic heterocycles. The van der Waals surface area contributed by atoms with Gasteiger partial charge in [-0.05, 0) is 25.2 Å². The summed E-state index contributed by atoms with van der Waals surface area (Å²) < 4.78 is 5.19. The molecule has 1 aromatic rings. The maximum absolute atomic E-state index is 11.9. The molecular weight excluding hydrogens is 242 g/mol. The lowest BCUT2D eigenvalue weighted by Crippen LogP contribution is -2.27. The van der Waals surface area contributed by atoms with Crippen molar-refractivity contribution in [2.45, 2.75) is 20.3 Å². The van der Waals surface area contributed by atoms with Gasteiger partial charge in [0.1, 0.15) is 5.75 Å². The predicted molar refractivity (Wildman–Crippen MR) is 78.4 cm³/mol. The number of hydrogen-bond donors (Lipinski definition) is 2. The molecule has 0 aromatic heterocycles. The van der Waals surface area contributed by atoms with Crippen molar-refractivity contribution >= 4 is 17.3 Å². The van der Waals surface area contributed by atoms with Crippen molar-refractivity contribution in [1.82, 2.24) is 4.90 Å². The van der Waals surface area contributed by atoms with Gasteiger partial charge in [0, 0.05) is 24.7 Å². The molecule has 5 nitrogen and oxygen atoms in total. The fourth-order valence-corrected chi connectivity index (χ4v) is 1.82. The van der Waals surface area contributed by atoms with E-state index in [1.165, 1.54) is 0 Å². The lowest BCUT2D eigenvalue weighted by Gasteiger charge is -2.17. The number of anilines is 2. The molecule has 0 saturated carbocycles. The fraction of sp³-hybridized carbons (Fsp3) is 0.500. The number of rotatable bonds is 7. The summed E-state index contributed by atoms with van der Waals surface area (Å²) in [6, 6.07) is 5.19. The third-order valence-corrected chi connectivity index (χ3v) is 3.05. The quantitative estimate of drug-likeness (QED) is 0.739. The zero-order chi connectivity index (χ0) is 14.3. The highest BCUT2D eigenvalue weighted by Gasteiger charge is 2.09. The Labute approximate surface area is 114 Å². The summed E-state index contributed by atoms with van der Waals surface area (Å²) in [5.41, 5.74) is 6.93. The molecule has 0 unspecified atom stereocenters. The predicted octanol–water partition coefficient (Wildman–Crippen LogP) is 1.95. The van der Waals surface area contributed by atoms with Gasteiger partial charge in [-0.25, -0.2) is 0 Å². The van der Waals surface area contributed by atoms with Crippen molar-refractivity contribution in [1.29, 1.82) is 0 Å². The van der Waals surface area contributed by atoms with Crippen LogP contribution in [0.1, 0.15) is 20.3 Å². The van der Waals surface area contributed by atoms with Crippen LogP contribution in [0.25, 0.3) is 0 Å². The first kappa shape index (κ1) is 15.3. The first-order valence-electron chi connectivity index (χ1n) is 6.56. The van der Waals surface area contributed by atoms with Crippen molar-refractivity contribution in [3.8, 4) is 5.75 Å². The molecule has 0 radical (unpaired) electrons. The van der Waals surface area contributed by atoms with Gasteiger partial charge in [-0.1, -0.05) is 13.8 Å². The summed E-state index contributed by atoms with van der Waals surface area (Å²) in [7, 11) is 1.56. The van der Waals surface area contributed by atoms with Crippen molar-refractivity contribution in [2.75, 3.05) is 37.8 Å². The molecule has 0 spiro atoms. The number of benzene rings is 1. The summed E-state index contributed by atoms with van der Waals surface area (Å²) in [6.45, 7) is 6.84. The number of methoxy groups -OCH3 is 1. The number of hydrogen-bond acceptors (Lipinski definition) is 4. The van der Waals surface area contributed by atoms with E-state index in [2.05, 4.69) is 24.1 Å². The standard InChI is InChI=1S/C14H23N3O2/c1-4-17(5-2)9-8-14(18)16-12-7-6-11(15)10-13(12)19-3/h6-7,10H,4-5,8-9,15H2,1-3H3,(H,16,18). The molecule has 1 amide bonds. The second-order valence-electron chi connectivity index (χ2n) is 4.28. The molecule has 1 aromatic carbocycles. The monoisotopic (exact) mass is 265 g/mol. The number of nitrogens with two attached hydrogens (primary N) is 1. The Bertz CT molecular complexity index is 417. The summed E-state index contributed by atoms with van der Waals surface area (Å²) in [4.78, 5) is 14.1. The van der Waals surface area contributed by atoms with Crippen LogP contribution in [0, 0.1) is 0 Å². The lowest BCUT2D eigenvalue weighted by molar-refractivity contribution is -0.116. The fourth-order valence-electron chi connectivity index (χ4n) is 1.82. The SMILES string of the molecule is CCN(CC)CCC(=O)Nc1ccc(N)cc1OC. The molecule has 3 N–H and O–H groups in total. The molecule has 5 heteroatoms. The third-order valence-electron chi connectivity index (χ3n) is 3.05. The van der Waals surface area contributed by atoms with Gasteiger partial charge < -0.3 is 20.7 Å². The van der Waals surface area contributed by atoms with Gasteiger partial charge in [0.2, 0.25) is 5.91 Å². The molecular formula is C14H23N3O2. The first-order chi connectivity index (χ1) is 9.10. The molecule has 0 heterocycles. The lowest BCUT2D eigenvalue weighted by atomic mass is 10.2. The Hall–Kier alpha value is -1.75. The molecule has 0 aliphatic rings. The van der Waals surface area contributed by atoms with Crippen LogP contribution in [-0.2, 0) is 4.79 Å². The normalized spacial score (nSPS) is 10.5. The Morgan fingerprint density at radius 1 is 1.37 bits per heavy atom. The van der Waals surface area contributed by atoms with Crippen LogP contribution in [0.3, 0.4) is 0 Å². The number of nitrogens with one attached hydrogen (secondary N) is 1. The number of carbonyl (C=O) groups is 1. The van der Waals surface area contributed by atoms with Crippen LogP contribution in [0.5, 0.6) is 5.75 Å². The Morgan fingerprint density at radius 2 is 2.05 bits per heavy atom. The van der Waals surface area contributed by atoms with Gasteiger partial charge in [-0.2, -0.15) is 0 Å². The van der Waals surface area contributed by atoms with E-state index < -0.39 is 0 Å². The zero-order valence-corrected chi connectivity index (χ0v) is 11.9. The Balaban J connectivity index is 2.57. The number of carbonyl (C=O) groups excluding carboxylic acids is 1. The van der Waals surface area contributed by atoms with Gasteiger partial charge in [-0.3, -0.25) is 4.79 Å². The smallest absolute Gasteiger partial charge is 0.225 e. The first-order valence-corrected chi connectivity index (χ1v) is 6.56. The summed E-state index contributed by atoms with van der Waals surface area (Å²) >= 11 is 0. The second kappa shape index (κ2) is 7.63. The summed E-state index contributed by atoms with van der Waals surface area (Å²) in [6.07, 6.45) is 0.467. The van der Waals surface area contributed by atoms with Gasteiger partial charge in [-0.15, -0.1) is 0 Å². The highest BCUT2D eigenvalue weighted by Crippen LogP contribution is 2.26. The molecule has 19 heavy (non-hydrogen) atoms. The largest absolute Gasteiger partial charge is 0.494 e. The highest BCUT2D eigenvalue weighted by molar-refractivity contribution is 5.92. The van der Waals surface area contributed by atoms with E-state index in [9.17, 15) is 4.79 Å². The van der Waals surface area contributed by atoms with Crippen molar-refractivity contribution < 1.29 is 9.53 Å². The molecule has 0 fully saturated rings. The number of ether oxygens (including phenoxy) is 1. The number of nitrogens with zero attached hydrogens (tertiary/aromatic N) is 1. The van der Waals surface area contributed by atoms with E-state index in [1.807, 2.05) is 0 Å². The average molecular weight is 265 g/mol. The van der Waals surface area contributed by atoms with Crippen LogP contribution in [0.15, 0.2) is 18.2 Å². The molecule has 0 bridgehead atoms. The Kier molecular flexibility index (Phi) is 6.15.